The summed E-state index contributed by atoms with van der Waals surface area (Å²) >= 11 is 4.47. The van der Waals surface area contributed by atoms with Crippen molar-refractivity contribution in [2.24, 2.45) is 0 Å². The monoisotopic (exact) mass is 280 g/mol. The van der Waals surface area contributed by atoms with Crippen molar-refractivity contribution < 1.29 is 8.42 Å². The molecule has 0 saturated carbocycles. The fourth-order valence-electron chi connectivity index (χ4n) is 0.770. The Morgan fingerprint density at radius 2 is 2.23 bits per heavy atom. The first-order chi connectivity index (χ1) is 6.06. The largest absolute Gasteiger partial charge is 0.223 e. The number of sulfone groups is 1. The molecule has 1 heterocycles. The molecule has 0 fully saturated rings. The zero-order valence-electron chi connectivity index (χ0n) is 7.03. The van der Waals surface area contributed by atoms with Gasteiger partial charge in [-0.15, -0.1) is 11.3 Å². The van der Waals surface area contributed by atoms with E-state index in [1.165, 1.54) is 11.3 Å². The Labute approximate surface area is 90.3 Å². The van der Waals surface area contributed by atoms with Crippen LogP contribution in [-0.2, 0) is 9.84 Å². The van der Waals surface area contributed by atoms with Crippen LogP contribution in [0, 0.1) is 0 Å². The quantitative estimate of drug-likeness (QED) is 0.798. The van der Waals surface area contributed by atoms with Gasteiger partial charge in [-0.2, -0.15) is 0 Å². The molecule has 0 aliphatic carbocycles. The van der Waals surface area contributed by atoms with Gasteiger partial charge in [0.15, 0.2) is 9.84 Å². The average molecular weight is 281 g/mol. The highest BCUT2D eigenvalue weighted by atomic mass is 79.9. The summed E-state index contributed by atoms with van der Waals surface area (Å²) in [6.07, 6.45) is 3.38. The normalized spacial score (nSPS) is 12.5. The van der Waals surface area contributed by atoms with Gasteiger partial charge in [-0.25, -0.2) is 8.42 Å². The minimum absolute atomic E-state index is 0.0798. The summed E-state index contributed by atoms with van der Waals surface area (Å²) in [7, 11) is -3.10. The van der Waals surface area contributed by atoms with Crippen LogP contribution in [0.5, 0.6) is 0 Å². The van der Waals surface area contributed by atoms with Crippen molar-refractivity contribution in [1.29, 1.82) is 0 Å². The van der Waals surface area contributed by atoms with Gasteiger partial charge in [0, 0.05) is 0 Å². The van der Waals surface area contributed by atoms with Crippen LogP contribution in [0.15, 0.2) is 32.3 Å². The van der Waals surface area contributed by atoms with E-state index in [-0.39, 0.29) is 5.75 Å². The zero-order valence-corrected chi connectivity index (χ0v) is 10.2. The molecule has 13 heavy (non-hydrogen) atoms. The molecule has 1 rings (SSSR count). The van der Waals surface area contributed by atoms with E-state index >= 15 is 0 Å². The zero-order chi connectivity index (χ0) is 9.90. The smallest absolute Gasteiger partial charge is 0.191 e. The molecule has 1 aromatic rings. The van der Waals surface area contributed by atoms with E-state index in [9.17, 15) is 8.42 Å². The number of hydrogen-bond donors (Lipinski definition) is 0. The van der Waals surface area contributed by atoms with E-state index in [1.54, 1.807) is 31.2 Å². The molecule has 0 aromatic carbocycles. The molecule has 1 aromatic heterocycles. The Hall–Kier alpha value is -0.130. The molecule has 0 aliphatic heterocycles. The summed E-state index contributed by atoms with van der Waals surface area (Å²) in [5.41, 5.74) is 0. The number of hydrogen-bond acceptors (Lipinski definition) is 3. The number of rotatable bonds is 3. The Bertz CT molecular complexity index is 404. The van der Waals surface area contributed by atoms with Gasteiger partial charge in [0.1, 0.15) is 4.21 Å². The van der Waals surface area contributed by atoms with Gasteiger partial charge in [0.05, 0.1) is 9.54 Å². The van der Waals surface area contributed by atoms with E-state index < -0.39 is 9.84 Å². The fourth-order valence-corrected chi connectivity index (χ4v) is 4.08. The van der Waals surface area contributed by atoms with E-state index in [0.717, 1.165) is 3.79 Å². The molecule has 0 aliphatic rings. The summed E-state index contributed by atoms with van der Waals surface area (Å²) in [5, 5.41) is 0. The maximum Gasteiger partial charge on any atom is 0.191 e. The Balaban J connectivity index is 2.94. The van der Waals surface area contributed by atoms with Gasteiger partial charge in [-0.05, 0) is 35.0 Å². The summed E-state index contributed by atoms with van der Waals surface area (Å²) < 4.78 is 24.3. The summed E-state index contributed by atoms with van der Waals surface area (Å²) in [5.74, 6) is 0.0798. The molecular formula is C8H9BrO2S2. The molecule has 2 nitrogen and oxygen atoms in total. The van der Waals surface area contributed by atoms with E-state index in [1.807, 2.05) is 0 Å². The van der Waals surface area contributed by atoms with Crippen LogP contribution in [0.4, 0.5) is 0 Å². The molecule has 0 amide bonds. The van der Waals surface area contributed by atoms with E-state index in [2.05, 4.69) is 15.9 Å². The van der Waals surface area contributed by atoms with Crippen LogP contribution in [-0.4, -0.2) is 14.2 Å². The maximum atomic E-state index is 11.5. The second-order valence-corrected chi connectivity index (χ2v) is 7.13. The first-order valence-electron chi connectivity index (χ1n) is 3.65. The van der Waals surface area contributed by atoms with E-state index in [0.29, 0.717) is 4.21 Å². The van der Waals surface area contributed by atoms with Crippen molar-refractivity contribution in [3.63, 3.8) is 0 Å². The summed E-state index contributed by atoms with van der Waals surface area (Å²) in [6, 6.07) is 3.36. The van der Waals surface area contributed by atoms with Gasteiger partial charge in [0.2, 0.25) is 0 Å². The Kier molecular flexibility index (Phi) is 3.70. The first kappa shape index (κ1) is 10.9. The van der Waals surface area contributed by atoms with Crippen LogP contribution < -0.4 is 0 Å². The predicted molar refractivity (Wildman–Crippen MR) is 58.9 cm³/mol. The minimum atomic E-state index is -3.10. The molecule has 0 N–H and O–H groups in total. The highest BCUT2D eigenvalue weighted by Gasteiger charge is 2.14. The van der Waals surface area contributed by atoms with Gasteiger partial charge in [-0.1, -0.05) is 12.2 Å². The first-order valence-corrected chi connectivity index (χ1v) is 6.91. The van der Waals surface area contributed by atoms with Crippen molar-refractivity contribution in [2.75, 3.05) is 5.75 Å². The fraction of sp³-hybridized carbons (Fsp3) is 0.250. The predicted octanol–water partition coefficient (Wildman–Crippen LogP) is 2.86. The molecule has 0 spiro atoms. The number of allylic oxidation sites excluding steroid dienone is 1. The van der Waals surface area contributed by atoms with Crippen molar-refractivity contribution in [3.05, 3.63) is 28.1 Å². The third kappa shape index (κ3) is 2.93. The lowest BCUT2D eigenvalue weighted by molar-refractivity contribution is 0.601. The van der Waals surface area contributed by atoms with Gasteiger partial charge < -0.3 is 0 Å². The van der Waals surface area contributed by atoms with Crippen LogP contribution in [0.1, 0.15) is 6.92 Å². The molecule has 0 atom stereocenters. The molecular weight excluding hydrogens is 272 g/mol. The number of thiophene rings is 1. The molecule has 5 heteroatoms. The van der Waals surface area contributed by atoms with Crippen molar-refractivity contribution in [2.45, 2.75) is 11.1 Å². The molecule has 0 saturated heterocycles. The van der Waals surface area contributed by atoms with Crippen molar-refractivity contribution in [1.82, 2.24) is 0 Å². The summed E-state index contributed by atoms with van der Waals surface area (Å²) in [6.45, 7) is 1.81. The van der Waals surface area contributed by atoms with Crippen LogP contribution in [0.25, 0.3) is 0 Å². The Morgan fingerprint density at radius 3 is 2.69 bits per heavy atom. The maximum absolute atomic E-state index is 11.5. The second-order valence-electron chi connectivity index (χ2n) is 2.41. The third-order valence-corrected chi connectivity index (χ3v) is 5.22. The number of halogens is 1. The SMILES string of the molecule is CC=CCS(=O)(=O)c1ccc(Br)s1. The van der Waals surface area contributed by atoms with Gasteiger partial charge in [-0.3, -0.25) is 0 Å². The molecule has 0 unspecified atom stereocenters. The molecule has 0 radical (unpaired) electrons. The summed E-state index contributed by atoms with van der Waals surface area (Å²) in [4.78, 5) is 0. The van der Waals surface area contributed by atoms with Crippen LogP contribution >= 0.6 is 27.3 Å². The lowest BCUT2D eigenvalue weighted by Gasteiger charge is -1.94. The molecule has 72 valence electrons. The Morgan fingerprint density at radius 1 is 1.54 bits per heavy atom. The second kappa shape index (κ2) is 4.39. The van der Waals surface area contributed by atoms with E-state index in [4.69, 9.17) is 0 Å². The highest BCUT2D eigenvalue weighted by molar-refractivity contribution is 9.11. The third-order valence-electron chi connectivity index (χ3n) is 1.41. The standard InChI is InChI=1S/C8H9BrO2S2/c1-2-3-6-13(10,11)8-5-4-7(9)12-8/h2-5H,6H2,1H3. The minimum Gasteiger partial charge on any atom is -0.223 e. The average Bonchev–Trinajstić information content (AvgIpc) is 2.49. The lowest BCUT2D eigenvalue weighted by Crippen LogP contribution is -2.01. The lowest BCUT2D eigenvalue weighted by atomic mass is 10.6. The van der Waals surface area contributed by atoms with Crippen LogP contribution in [0.2, 0.25) is 0 Å². The van der Waals surface area contributed by atoms with Crippen LogP contribution in [0.3, 0.4) is 0 Å². The topological polar surface area (TPSA) is 34.1 Å². The molecule has 0 bridgehead atoms. The van der Waals surface area contributed by atoms with Crippen molar-refractivity contribution in [3.8, 4) is 0 Å². The van der Waals surface area contributed by atoms with Gasteiger partial charge >= 0.3 is 0 Å². The highest BCUT2D eigenvalue weighted by Crippen LogP contribution is 2.26. The van der Waals surface area contributed by atoms with Gasteiger partial charge in [0.25, 0.3) is 0 Å². The van der Waals surface area contributed by atoms with Crippen molar-refractivity contribution >= 4 is 37.1 Å².